The predicted molar refractivity (Wildman–Crippen MR) is 98.6 cm³/mol. The highest BCUT2D eigenvalue weighted by Gasteiger charge is 2.14. The molecule has 0 spiro atoms. The third-order valence-corrected chi connectivity index (χ3v) is 5.20. The molecule has 0 unspecified atom stereocenters. The maximum atomic E-state index is 12.1. The summed E-state index contributed by atoms with van der Waals surface area (Å²) >= 11 is 0. The van der Waals surface area contributed by atoms with E-state index in [0.29, 0.717) is 11.1 Å². The summed E-state index contributed by atoms with van der Waals surface area (Å²) in [5.74, 6) is -0.974. The molecule has 144 valence electrons. The van der Waals surface area contributed by atoms with Crippen molar-refractivity contribution in [2.24, 2.45) is 0 Å². The molecule has 0 fully saturated rings. The van der Waals surface area contributed by atoms with Gasteiger partial charge in [0.25, 0.3) is 0 Å². The van der Waals surface area contributed by atoms with Gasteiger partial charge in [-0.2, -0.15) is 0 Å². The van der Waals surface area contributed by atoms with Crippen molar-refractivity contribution in [2.45, 2.75) is 24.8 Å². The van der Waals surface area contributed by atoms with Crippen molar-refractivity contribution in [2.75, 3.05) is 13.7 Å². The van der Waals surface area contributed by atoms with E-state index in [9.17, 15) is 18.0 Å². The molecule has 0 aliphatic carbocycles. The minimum absolute atomic E-state index is 0.0327. The van der Waals surface area contributed by atoms with Crippen LogP contribution in [0.3, 0.4) is 0 Å². The lowest BCUT2D eigenvalue weighted by Crippen LogP contribution is -2.26. The number of hydrogen-bond donors (Lipinski definition) is 1. The fourth-order valence-electron chi connectivity index (χ4n) is 2.18. The molecule has 0 amide bonds. The molecule has 1 N–H and O–H groups in total. The smallest absolute Gasteiger partial charge is 0.337 e. The zero-order chi connectivity index (χ0) is 19.9. The van der Waals surface area contributed by atoms with Crippen LogP contribution in [0.4, 0.5) is 0 Å². The van der Waals surface area contributed by atoms with E-state index in [-0.39, 0.29) is 24.5 Å². The topological polar surface area (TPSA) is 98.8 Å². The van der Waals surface area contributed by atoms with Crippen LogP contribution in [-0.4, -0.2) is 34.0 Å². The van der Waals surface area contributed by atoms with Crippen molar-refractivity contribution in [1.29, 1.82) is 0 Å². The van der Waals surface area contributed by atoms with Crippen LogP contribution in [0.25, 0.3) is 0 Å². The Hall–Kier alpha value is -2.71. The molecule has 0 atom stereocenters. The number of benzene rings is 2. The van der Waals surface area contributed by atoms with E-state index in [1.165, 1.54) is 19.2 Å². The van der Waals surface area contributed by atoms with E-state index in [1.54, 1.807) is 36.4 Å². The molecule has 0 radical (unpaired) electrons. The molecule has 0 heterocycles. The Bertz CT molecular complexity index is 889. The van der Waals surface area contributed by atoms with Crippen molar-refractivity contribution in [1.82, 2.24) is 4.72 Å². The Morgan fingerprint density at radius 1 is 1.00 bits per heavy atom. The number of aryl methyl sites for hydroxylation is 1. The molecule has 0 saturated heterocycles. The highest BCUT2D eigenvalue weighted by molar-refractivity contribution is 7.89. The van der Waals surface area contributed by atoms with E-state index in [2.05, 4.69) is 9.46 Å². The number of carbonyl (C=O) groups is 2. The third-order valence-electron chi connectivity index (χ3n) is 3.73. The van der Waals surface area contributed by atoms with Crippen LogP contribution in [-0.2, 0) is 30.9 Å². The number of methoxy groups -OCH3 is 1. The van der Waals surface area contributed by atoms with Crippen LogP contribution in [0.2, 0.25) is 0 Å². The third kappa shape index (κ3) is 6.19. The Kier molecular flexibility index (Phi) is 7.09. The molecule has 2 aromatic rings. The van der Waals surface area contributed by atoms with E-state index >= 15 is 0 Å². The first-order chi connectivity index (χ1) is 12.8. The maximum Gasteiger partial charge on any atom is 0.337 e. The summed E-state index contributed by atoms with van der Waals surface area (Å²) in [5, 5.41) is 0. The highest BCUT2D eigenvalue weighted by Crippen LogP contribution is 2.10. The Morgan fingerprint density at radius 2 is 1.63 bits per heavy atom. The normalized spacial score (nSPS) is 11.0. The van der Waals surface area contributed by atoms with E-state index < -0.39 is 22.0 Å². The Labute approximate surface area is 158 Å². The van der Waals surface area contributed by atoms with Gasteiger partial charge in [0.1, 0.15) is 6.61 Å². The summed E-state index contributed by atoms with van der Waals surface area (Å²) in [5.41, 5.74) is 2.06. The van der Waals surface area contributed by atoms with Gasteiger partial charge in [0.2, 0.25) is 10.0 Å². The lowest BCUT2D eigenvalue weighted by Gasteiger charge is -2.08. The number of hydrogen-bond acceptors (Lipinski definition) is 6. The van der Waals surface area contributed by atoms with Crippen molar-refractivity contribution >= 4 is 22.0 Å². The van der Waals surface area contributed by atoms with E-state index in [0.717, 1.165) is 5.56 Å². The first kappa shape index (κ1) is 20.6. The van der Waals surface area contributed by atoms with Crippen molar-refractivity contribution in [3.8, 4) is 0 Å². The monoisotopic (exact) mass is 391 g/mol. The number of carbonyl (C=O) groups excluding carboxylic acids is 2. The fraction of sp³-hybridized carbons (Fsp3) is 0.263. The van der Waals surface area contributed by atoms with Crippen LogP contribution < -0.4 is 4.72 Å². The van der Waals surface area contributed by atoms with Crippen LogP contribution in [0, 0.1) is 6.92 Å². The highest BCUT2D eigenvalue weighted by atomic mass is 32.2. The minimum atomic E-state index is -3.66. The van der Waals surface area contributed by atoms with Gasteiger partial charge in [0.15, 0.2) is 0 Å². The Morgan fingerprint density at radius 3 is 2.22 bits per heavy atom. The minimum Gasteiger partial charge on any atom is -0.465 e. The molecule has 2 rings (SSSR count). The summed E-state index contributed by atoms with van der Waals surface area (Å²) in [4.78, 5) is 23.3. The van der Waals surface area contributed by atoms with Gasteiger partial charge in [-0.3, -0.25) is 4.79 Å². The summed E-state index contributed by atoms with van der Waals surface area (Å²) in [7, 11) is -2.36. The van der Waals surface area contributed by atoms with Gasteiger partial charge in [-0.15, -0.1) is 0 Å². The van der Waals surface area contributed by atoms with Gasteiger partial charge < -0.3 is 9.47 Å². The Balaban J connectivity index is 1.77. The largest absolute Gasteiger partial charge is 0.465 e. The van der Waals surface area contributed by atoms with Crippen LogP contribution >= 0.6 is 0 Å². The molecule has 0 saturated carbocycles. The molecular formula is C19H21NO6S. The number of nitrogens with one attached hydrogen (secondary N) is 1. The van der Waals surface area contributed by atoms with Crippen LogP contribution in [0.1, 0.15) is 27.9 Å². The number of esters is 2. The van der Waals surface area contributed by atoms with Crippen LogP contribution in [0.5, 0.6) is 0 Å². The van der Waals surface area contributed by atoms with Crippen molar-refractivity contribution in [3.05, 3.63) is 65.2 Å². The molecule has 0 aliphatic rings. The average molecular weight is 391 g/mol. The van der Waals surface area contributed by atoms with Crippen molar-refractivity contribution < 1.29 is 27.5 Å². The molecule has 0 aromatic heterocycles. The van der Waals surface area contributed by atoms with Gasteiger partial charge >= 0.3 is 11.9 Å². The molecule has 8 heteroatoms. The van der Waals surface area contributed by atoms with Crippen LogP contribution in [0.15, 0.2) is 53.4 Å². The molecule has 7 nitrogen and oxygen atoms in total. The van der Waals surface area contributed by atoms with Gasteiger partial charge in [-0.1, -0.05) is 29.8 Å². The average Bonchev–Trinajstić information content (AvgIpc) is 2.66. The van der Waals surface area contributed by atoms with Gasteiger partial charge in [-0.25, -0.2) is 17.9 Å². The SMILES string of the molecule is COC(=O)c1ccc(COC(=O)CCNS(=O)(=O)c2ccc(C)cc2)cc1. The number of sulfonamides is 1. The first-order valence-electron chi connectivity index (χ1n) is 8.21. The summed E-state index contributed by atoms with van der Waals surface area (Å²) in [6.07, 6.45) is -0.0919. The number of rotatable bonds is 8. The second kappa shape index (κ2) is 9.29. The molecule has 27 heavy (non-hydrogen) atoms. The summed E-state index contributed by atoms with van der Waals surface area (Å²) in [6.45, 7) is 1.84. The number of ether oxygens (including phenoxy) is 2. The predicted octanol–water partition coefficient (Wildman–Crippen LogP) is 2.19. The summed E-state index contributed by atoms with van der Waals surface area (Å²) < 4.78 is 36.3. The summed E-state index contributed by atoms with van der Waals surface area (Å²) in [6, 6.07) is 12.9. The maximum absolute atomic E-state index is 12.1. The molecule has 0 bridgehead atoms. The van der Waals surface area contributed by atoms with Crippen molar-refractivity contribution in [3.63, 3.8) is 0 Å². The second-order valence-corrected chi connectivity index (χ2v) is 7.58. The van der Waals surface area contributed by atoms with Gasteiger partial charge in [0, 0.05) is 6.54 Å². The van der Waals surface area contributed by atoms with E-state index in [1.807, 2.05) is 6.92 Å². The molecule has 2 aromatic carbocycles. The quantitative estimate of drug-likeness (QED) is 0.693. The molecule has 0 aliphatic heterocycles. The lowest BCUT2D eigenvalue weighted by atomic mass is 10.1. The second-order valence-electron chi connectivity index (χ2n) is 5.81. The fourth-order valence-corrected chi connectivity index (χ4v) is 3.21. The van der Waals surface area contributed by atoms with Gasteiger partial charge in [0.05, 0.1) is 24.0 Å². The van der Waals surface area contributed by atoms with E-state index in [4.69, 9.17) is 4.74 Å². The lowest BCUT2D eigenvalue weighted by molar-refractivity contribution is -0.144. The van der Waals surface area contributed by atoms with Gasteiger partial charge in [-0.05, 0) is 36.8 Å². The standard InChI is InChI=1S/C19H21NO6S/c1-14-3-9-17(10-4-14)27(23,24)20-12-11-18(21)26-13-15-5-7-16(8-6-15)19(22)25-2/h3-10,20H,11-13H2,1-2H3. The zero-order valence-electron chi connectivity index (χ0n) is 15.1. The zero-order valence-corrected chi connectivity index (χ0v) is 15.9. The molecular weight excluding hydrogens is 370 g/mol. The first-order valence-corrected chi connectivity index (χ1v) is 9.69.